The second-order valence-corrected chi connectivity index (χ2v) is 10.3. The van der Waals surface area contributed by atoms with Gasteiger partial charge in [0.25, 0.3) is 5.56 Å². The fourth-order valence-electron chi connectivity index (χ4n) is 6.05. The first kappa shape index (κ1) is 24.3. The third kappa shape index (κ3) is 4.56. The van der Waals surface area contributed by atoms with Gasteiger partial charge in [0.1, 0.15) is 19.0 Å². The van der Waals surface area contributed by atoms with E-state index in [0.29, 0.717) is 61.6 Å². The van der Waals surface area contributed by atoms with Crippen molar-refractivity contribution >= 4 is 5.91 Å². The van der Waals surface area contributed by atoms with E-state index in [-0.39, 0.29) is 23.7 Å². The molecule has 0 spiro atoms. The lowest BCUT2D eigenvalue weighted by molar-refractivity contribution is -0.118. The highest BCUT2D eigenvalue weighted by atomic mass is 16.6. The second-order valence-electron chi connectivity index (χ2n) is 10.3. The molecule has 3 aliphatic heterocycles. The monoisotopic (exact) mass is 519 g/mol. The number of fused-ring (bicyclic) bond motifs is 5. The number of carbonyl (C=O) groups excluding carboxylic acids is 1. The average Bonchev–Trinajstić information content (AvgIpc) is 2.89. The molecule has 1 amide bonds. The number of hydrogen-bond acceptors (Lipinski definition) is 8. The fraction of sp³-hybridized carbons (Fsp3) is 0.393. The number of primary amides is 1. The highest BCUT2D eigenvalue weighted by Crippen LogP contribution is 2.39. The molecule has 38 heavy (non-hydrogen) atoms. The van der Waals surface area contributed by atoms with Gasteiger partial charge in [0, 0.05) is 49.8 Å². The summed E-state index contributed by atoms with van der Waals surface area (Å²) >= 11 is 0. The number of nitrogens with two attached hydrogens (primary N) is 1. The molecule has 1 saturated heterocycles. The molecule has 3 atom stereocenters. The summed E-state index contributed by atoms with van der Waals surface area (Å²) in [5.74, 6) is 0.0730. The van der Waals surface area contributed by atoms with Crippen molar-refractivity contribution < 1.29 is 23.8 Å². The van der Waals surface area contributed by atoms with E-state index >= 15 is 0 Å². The number of piperidine rings is 1. The minimum atomic E-state index is -0.782. The zero-order valence-electron chi connectivity index (χ0n) is 20.8. The van der Waals surface area contributed by atoms with Crippen molar-refractivity contribution in [1.82, 2.24) is 9.47 Å². The molecule has 10 heteroatoms. The molecule has 198 valence electrons. The molecule has 5 heterocycles. The van der Waals surface area contributed by atoms with Gasteiger partial charge in [-0.25, -0.2) is 0 Å². The molecule has 2 aromatic heterocycles. The molecular weight excluding hydrogens is 490 g/mol. The molecule has 1 fully saturated rings. The van der Waals surface area contributed by atoms with Crippen molar-refractivity contribution in [2.75, 3.05) is 26.3 Å². The number of nitrogens with zero attached hydrogens (tertiary/aromatic N) is 2. The lowest BCUT2D eigenvalue weighted by Crippen LogP contribution is -2.46. The highest BCUT2D eigenvalue weighted by Gasteiger charge is 2.35. The molecule has 0 unspecified atom stereocenters. The Morgan fingerprint density at radius 2 is 1.87 bits per heavy atom. The van der Waals surface area contributed by atoms with Crippen LogP contribution >= 0.6 is 0 Å². The number of pyridine rings is 1. The number of likely N-dealkylation sites (tertiary alicyclic amines) is 1. The molecule has 10 nitrogen and oxygen atoms in total. The van der Waals surface area contributed by atoms with E-state index in [2.05, 4.69) is 4.90 Å². The normalized spacial score (nSPS) is 20.9. The number of ether oxygens (including phenoxy) is 2. The third-order valence-electron chi connectivity index (χ3n) is 7.63. The number of rotatable bonds is 6. The van der Waals surface area contributed by atoms with E-state index in [0.717, 1.165) is 18.7 Å². The van der Waals surface area contributed by atoms with Crippen LogP contribution in [0.2, 0.25) is 0 Å². The minimum Gasteiger partial charge on any atom is -0.502 e. The van der Waals surface area contributed by atoms with Gasteiger partial charge >= 0.3 is 0 Å². The van der Waals surface area contributed by atoms with Crippen LogP contribution in [0.3, 0.4) is 0 Å². The molecule has 3 aliphatic rings. The van der Waals surface area contributed by atoms with Gasteiger partial charge in [-0.3, -0.25) is 19.3 Å². The van der Waals surface area contributed by atoms with E-state index in [1.807, 2.05) is 10.6 Å². The second kappa shape index (κ2) is 9.68. The smallest absolute Gasteiger partial charge is 0.250 e. The van der Waals surface area contributed by atoms with E-state index in [4.69, 9.17) is 19.6 Å². The summed E-state index contributed by atoms with van der Waals surface area (Å²) in [6.07, 6.45) is 0.842. The lowest BCUT2D eigenvalue weighted by Gasteiger charge is -2.42. The van der Waals surface area contributed by atoms with Gasteiger partial charge in [-0.15, -0.1) is 0 Å². The zero-order valence-corrected chi connectivity index (χ0v) is 20.8. The molecule has 2 bridgehead atoms. The van der Waals surface area contributed by atoms with Crippen molar-refractivity contribution in [3.05, 3.63) is 85.8 Å². The zero-order chi connectivity index (χ0) is 26.4. The van der Waals surface area contributed by atoms with Crippen molar-refractivity contribution in [2.24, 2.45) is 11.7 Å². The molecule has 0 radical (unpaired) electrons. The Morgan fingerprint density at radius 1 is 1.05 bits per heavy atom. The van der Waals surface area contributed by atoms with Crippen LogP contribution in [-0.4, -0.2) is 46.8 Å². The topological polar surface area (TPSA) is 137 Å². The van der Waals surface area contributed by atoms with Crippen LogP contribution in [-0.2, 0) is 17.9 Å². The van der Waals surface area contributed by atoms with Crippen LogP contribution in [0.15, 0.2) is 56.5 Å². The van der Waals surface area contributed by atoms with Gasteiger partial charge in [0.05, 0.1) is 12.5 Å². The quantitative estimate of drug-likeness (QED) is 0.504. The molecule has 0 aliphatic carbocycles. The number of benzene rings is 1. The molecular formula is C28H29N3O7. The SMILES string of the molecule is NC(=O)C[C@@H](c1ccc2c(c1)OCCO2)c1oc(CN2C[C@H]3C[C@@H](C2)c2cccc(=O)n2C3)cc(=O)c1O. The number of amides is 1. The Balaban J connectivity index is 1.31. The van der Waals surface area contributed by atoms with Crippen molar-refractivity contribution in [3.8, 4) is 17.2 Å². The summed E-state index contributed by atoms with van der Waals surface area (Å²) < 4.78 is 19.3. The largest absolute Gasteiger partial charge is 0.502 e. The predicted molar refractivity (Wildman–Crippen MR) is 137 cm³/mol. The van der Waals surface area contributed by atoms with Gasteiger partial charge in [-0.1, -0.05) is 12.1 Å². The van der Waals surface area contributed by atoms with Gasteiger partial charge < -0.3 is 29.3 Å². The minimum absolute atomic E-state index is 0.00270. The van der Waals surface area contributed by atoms with Crippen LogP contribution in [0.4, 0.5) is 0 Å². The van der Waals surface area contributed by atoms with Crippen LogP contribution in [0.5, 0.6) is 17.2 Å². The van der Waals surface area contributed by atoms with E-state index in [1.165, 1.54) is 6.07 Å². The summed E-state index contributed by atoms with van der Waals surface area (Å²) in [7, 11) is 0. The number of hydrogen-bond donors (Lipinski definition) is 2. The first-order valence-electron chi connectivity index (χ1n) is 12.8. The Kier molecular flexibility index (Phi) is 6.19. The highest BCUT2D eigenvalue weighted by molar-refractivity contribution is 5.75. The van der Waals surface area contributed by atoms with E-state index in [9.17, 15) is 19.5 Å². The third-order valence-corrected chi connectivity index (χ3v) is 7.63. The Bertz CT molecular complexity index is 1510. The molecule has 1 aromatic carbocycles. The molecule has 0 saturated carbocycles. The van der Waals surface area contributed by atoms with Crippen molar-refractivity contribution in [1.29, 1.82) is 0 Å². The number of carbonyl (C=O) groups is 1. The maximum atomic E-state index is 12.8. The van der Waals surface area contributed by atoms with Crippen molar-refractivity contribution in [3.63, 3.8) is 0 Å². The summed E-state index contributed by atoms with van der Waals surface area (Å²) in [5.41, 5.74) is 6.64. The maximum Gasteiger partial charge on any atom is 0.250 e. The van der Waals surface area contributed by atoms with Crippen LogP contribution in [0.25, 0.3) is 0 Å². The summed E-state index contributed by atoms with van der Waals surface area (Å²) in [6.45, 7) is 3.32. The summed E-state index contributed by atoms with van der Waals surface area (Å²) in [4.78, 5) is 39.4. The molecule has 6 rings (SSSR count). The average molecular weight is 520 g/mol. The van der Waals surface area contributed by atoms with Gasteiger partial charge in [0.15, 0.2) is 17.3 Å². The van der Waals surface area contributed by atoms with E-state index in [1.54, 1.807) is 30.3 Å². The molecule has 3 N–H and O–H groups in total. The van der Waals surface area contributed by atoms with Crippen LogP contribution in [0.1, 0.15) is 47.5 Å². The van der Waals surface area contributed by atoms with Gasteiger partial charge in [-0.05, 0) is 36.1 Å². The first-order valence-corrected chi connectivity index (χ1v) is 12.8. The Hall–Kier alpha value is -4.05. The Morgan fingerprint density at radius 3 is 2.68 bits per heavy atom. The van der Waals surface area contributed by atoms with Gasteiger partial charge in [0.2, 0.25) is 17.1 Å². The number of aromatic nitrogens is 1. The van der Waals surface area contributed by atoms with Crippen molar-refractivity contribution in [2.45, 2.75) is 37.8 Å². The standard InChI is InChI=1S/C28H29N3O7/c29-25(33)11-20(17-4-5-23-24(9-17)37-7-6-36-23)28-27(35)22(32)10-19(38-28)15-30-12-16-8-18(14-30)21-2-1-3-26(34)31(21)13-16/h1-5,9-10,16,18,20,35H,6-8,11-15H2,(H2,29,33)/t16-,18+,20+/m1/s1. The predicted octanol–water partition coefficient (Wildman–Crippen LogP) is 1.90. The van der Waals surface area contributed by atoms with Crippen LogP contribution < -0.4 is 26.2 Å². The summed E-state index contributed by atoms with van der Waals surface area (Å²) in [6, 6.07) is 11.9. The number of aromatic hydroxyl groups is 1. The lowest BCUT2D eigenvalue weighted by atomic mass is 9.83. The maximum absolute atomic E-state index is 12.8. The fourth-order valence-corrected chi connectivity index (χ4v) is 6.05. The first-order chi connectivity index (χ1) is 18.4. The van der Waals surface area contributed by atoms with Crippen LogP contribution in [0, 0.1) is 5.92 Å². The molecule has 3 aromatic rings. The summed E-state index contributed by atoms with van der Waals surface area (Å²) in [5, 5.41) is 10.7. The van der Waals surface area contributed by atoms with E-state index < -0.39 is 23.0 Å². The van der Waals surface area contributed by atoms with Gasteiger partial charge in [-0.2, -0.15) is 0 Å². The Labute approximate surface area is 218 Å².